The highest BCUT2D eigenvalue weighted by Gasteiger charge is 2.27. The second kappa shape index (κ2) is 6.56. The van der Waals surface area contributed by atoms with Crippen LogP contribution in [0.5, 0.6) is 0 Å². The fourth-order valence-corrected chi connectivity index (χ4v) is 1.23. The standard InChI is InChI=1S/C11H15F3N2O/c1-2-15-6-9-4-3-5-10(16-9)7-17-8-11(12,13)14/h3-5,15H,2,6-8H2,1H3. The van der Waals surface area contributed by atoms with Gasteiger partial charge in [0, 0.05) is 6.54 Å². The van der Waals surface area contributed by atoms with Gasteiger partial charge in [-0.25, -0.2) is 0 Å². The molecule has 0 aromatic carbocycles. The van der Waals surface area contributed by atoms with Gasteiger partial charge in [-0.05, 0) is 18.7 Å². The zero-order valence-corrected chi connectivity index (χ0v) is 9.55. The van der Waals surface area contributed by atoms with Crippen LogP contribution in [-0.4, -0.2) is 24.3 Å². The average Bonchev–Trinajstić information content (AvgIpc) is 2.25. The molecule has 96 valence electrons. The van der Waals surface area contributed by atoms with Gasteiger partial charge in [-0.15, -0.1) is 0 Å². The summed E-state index contributed by atoms with van der Waals surface area (Å²) >= 11 is 0. The molecule has 0 aliphatic rings. The molecule has 6 heteroatoms. The molecule has 0 saturated carbocycles. The van der Waals surface area contributed by atoms with Crippen LogP contribution in [0.3, 0.4) is 0 Å². The van der Waals surface area contributed by atoms with E-state index in [9.17, 15) is 13.2 Å². The lowest BCUT2D eigenvalue weighted by molar-refractivity contribution is -0.176. The number of aromatic nitrogens is 1. The van der Waals surface area contributed by atoms with E-state index >= 15 is 0 Å². The summed E-state index contributed by atoms with van der Waals surface area (Å²) in [7, 11) is 0. The number of nitrogens with one attached hydrogen (secondary N) is 1. The zero-order chi connectivity index (χ0) is 12.7. The number of alkyl halides is 3. The lowest BCUT2D eigenvalue weighted by atomic mass is 10.3. The van der Waals surface area contributed by atoms with E-state index in [1.807, 2.05) is 13.0 Å². The van der Waals surface area contributed by atoms with Gasteiger partial charge >= 0.3 is 6.18 Å². The average molecular weight is 248 g/mol. The maximum Gasteiger partial charge on any atom is 0.411 e. The summed E-state index contributed by atoms with van der Waals surface area (Å²) < 4.78 is 40.1. The molecule has 1 rings (SSSR count). The molecule has 0 fully saturated rings. The molecule has 17 heavy (non-hydrogen) atoms. The first-order valence-electron chi connectivity index (χ1n) is 5.31. The molecule has 0 atom stereocenters. The van der Waals surface area contributed by atoms with Gasteiger partial charge in [0.05, 0.1) is 18.0 Å². The summed E-state index contributed by atoms with van der Waals surface area (Å²) in [5.41, 5.74) is 1.30. The van der Waals surface area contributed by atoms with Crippen LogP contribution in [0.1, 0.15) is 18.3 Å². The summed E-state index contributed by atoms with van der Waals surface area (Å²) in [6, 6.07) is 5.22. The highest BCUT2D eigenvalue weighted by Crippen LogP contribution is 2.15. The van der Waals surface area contributed by atoms with Crippen molar-refractivity contribution in [2.24, 2.45) is 0 Å². The molecule has 1 aromatic heterocycles. The molecule has 1 heterocycles. The van der Waals surface area contributed by atoms with Crippen molar-refractivity contribution in [2.75, 3.05) is 13.2 Å². The van der Waals surface area contributed by atoms with E-state index in [-0.39, 0.29) is 6.61 Å². The number of ether oxygens (including phenoxy) is 1. The van der Waals surface area contributed by atoms with Crippen molar-refractivity contribution < 1.29 is 17.9 Å². The molecule has 0 radical (unpaired) electrons. The maximum atomic E-state index is 11.8. The van der Waals surface area contributed by atoms with Crippen LogP contribution in [0.2, 0.25) is 0 Å². The first-order chi connectivity index (χ1) is 8.01. The van der Waals surface area contributed by atoms with Crippen molar-refractivity contribution >= 4 is 0 Å². The molecule has 0 aliphatic heterocycles. The summed E-state index contributed by atoms with van der Waals surface area (Å²) in [6.45, 7) is 2.02. The van der Waals surface area contributed by atoms with Gasteiger partial charge in [0.25, 0.3) is 0 Å². The van der Waals surface area contributed by atoms with Crippen molar-refractivity contribution in [2.45, 2.75) is 26.3 Å². The Labute approximate surface area is 98.0 Å². The third-order valence-electron chi connectivity index (χ3n) is 1.94. The van der Waals surface area contributed by atoms with Gasteiger partial charge in [-0.3, -0.25) is 4.98 Å². The van der Waals surface area contributed by atoms with E-state index in [1.54, 1.807) is 12.1 Å². The fourth-order valence-electron chi connectivity index (χ4n) is 1.23. The highest BCUT2D eigenvalue weighted by atomic mass is 19.4. The normalized spacial score (nSPS) is 11.8. The minimum absolute atomic E-state index is 0.126. The third-order valence-corrected chi connectivity index (χ3v) is 1.94. The Kier molecular flexibility index (Phi) is 5.37. The predicted octanol–water partition coefficient (Wildman–Crippen LogP) is 2.27. The van der Waals surface area contributed by atoms with Crippen LogP contribution in [-0.2, 0) is 17.9 Å². The number of nitrogens with zero attached hydrogens (tertiary/aromatic N) is 1. The van der Waals surface area contributed by atoms with E-state index in [4.69, 9.17) is 0 Å². The Bertz CT molecular complexity index is 342. The van der Waals surface area contributed by atoms with Crippen LogP contribution < -0.4 is 5.32 Å². The zero-order valence-electron chi connectivity index (χ0n) is 9.55. The largest absolute Gasteiger partial charge is 0.411 e. The van der Waals surface area contributed by atoms with E-state index in [0.717, 1.165) is 12.2 Å². The summed E-state index contributed by atoms with van der Waals surface area (Å²) in [5.74, 6) is 0. The Balaban J connectivity index is 2.43. The molecular weight excluding hydrogens is 233 g/mol. The van der Waals surface area contributed by atoms with Crippen molar-refractivity contribution in [1.29, 1.82) is 0 Å². The molecule has 0 aliphatic carbocycles. The van der Waals surface area contributed by atoms with Gasteiger partial charge in [0.2, 0.25) is 0 Å². The Hall–Kier alpha value is -1.14. The minimum Gasteiger partial charge on any atom is -0.366 e. The lowest BCUT2D eigenvalue weighted by Crippen LogP contribution is -2.17. The van der Waals surface area contributed by atoms with Gasteiger partial charge in [-0.2, -0.15) is 13.2 Å². The molecule has 0 saturated heterocycles. The van der Waals surface area contributed by atoms with Crippen LogP contribution in [0.15, 0.2) is 18.2 Å². The van der Waals surface area contributed by atoms with E-state index in [0.29, 0.717) is 12.2 Å². The summed E-state index contributed by atoms with van der Waals surface area (Å²) in [5, 5.41) is 3.09. The molecule has 3 nitrogen and oxygen atoms in total. The molecule has 0 bridgehead atoms. The van der Waals surface area contributed by atoms with E-state index < -0.39 is 12.8 Å². The summed E-state index contributed by atoms with van der Waals surface area (Å²) in [4.78, 5) is 4.17. The van der Waals surface area contributed by atoms with Gasteiger partial charge < -0.3 is 10.1 Å². The first-order valence-corrected chi connectivity index (χ1v) is 5.31. The monoisotopic (exact) mass is 248 g/mol. The molecule has 0 amide bonds. The molecule has 1 aromatic rings. The lowest BCUT2D eigenvalue weighted by Gasteiger charge is -2.08. The predicted molar refractivity (Wildman–Crippen MR) is 57.3 cm³/mol. The van der Waals surface area contributed by atoms with Crippen molar-refractivity contribution in [3.63, 3.8) is 0 Å². The van der Waals surface area contributed by atoms with Gasteiger partial charge in [0.1, 0.15) is 6.61 Å². The SMILES string of the molecule is CCNCc1cccc(COCC(F)(F)F)n1. The minimum atomic E-state index is -4.29. The van der Waals surface area contributed by atoms with Crippen LogP contribution in [0, 0.1) is 0 Å². The second-order valence-corrected chi connectivity index (χ2v) is 3.51. The highest BCUT2D eigenvalue weighted by molar-refractivity contribution is 5.10. The number of rotatable bonds is 6. The van der Waals surface area contributed by atoms with E-state index in [1.165, 1.54) is 0 Å². The quantitative estimate of drug-likeness (QED) is 0.838. The van der Waals surface area contributed by atoms with E-state index in [2.05, 4.69) is 15.0 Å². The van der Waals surface area contributed by atoms with Crippen LogP contribution >= 0.6 is 0 Å². The molecule has 0 spiro atoms. The molecular formula is C11H15F3N2O. The number of halogens is 3. The Morgan fingerprint density at radius 3 is 2.65 bits per heavy atom. The fraction of sp³-hybridized carbons (Fsp3) is 0.545. The molecule has 1 N–H and O–H groups in total. The smallest absolute Gasteiger partial charge is 0.366 e. The maximum absolute atomic E-state index is 11.8. The van der Waals surface area contributed by atoms with Gasteiger partial charge in [0.15, 0.2) is 0 Å². The van der Waals surface area contributed by atoms with Crippen molar-refractivity contribution in [1.82, 2.24) is 10.3 Å². The molecule has 0 unspecified atom stereocenters. The topological polar surface area (TPSA) is 34.1 Å². The third kappa shape index (κ3) is 6.23. The van der Waals surface area contributed by atoms with Crippen LogP contribution in [0.4, 0.5) is 13.2 Å². The second-order valence-electron chi connectivity index (χ2n) is 3.51. The number of pyridine rings is 1. The van der Waals surface area contributed by atoms with Crippen molar-refractivity contribution in [3.8, 4) is 0 Å². The van der Waals surface area contributed by atoms with Gasteiger partial charge in [-0.1, -0.05) is 13.0 Å². The number of hydrogen-bond acceptors (Lipinski definition) is 3. The van der Waals surface area contributed by atoms with Crippen LogP contribution in [0.25, 0.3) is 0 Å². The Morgan fingerprint density at radius 2 is 2.00 bits per heavy atom. The number of hydrogen-bond donors (Lipinski definition) is 1. The summed E-state index contributed by atoms with van der Waals surface area (Å²) in [6.07, 6.45) is -4.29. The Morgan fingerprint density at radius 1 is 1.29 bits per heavy atom. The van der Waals surface area contributed by atoms with Crippen molar-refractivity contribution in [3.05, 3.63) is 29.6 Å². The first kappa shape index (κ1) is 13.9.